The summed E-state index contributed by atoms with van der Waals surface area (Å²) in [4.78, 5) is 12.6. The van der Waals surface area contributed by atoms with Gasteiger partial charge in [0, 0.05) is 25.2 Å². The first kappa shape index (κ1) is 15.1. The molecule has 1 unspecified atom stereocenters. The average molecular weight is 290 g/mol. The summed E-state index contributed by atoms with van der Waals surface area (Å²) in [6.07, 6.45) is 0.864. The van der Waals surface area contributed by atoms with Gasteiger partial charge in [-0.25, -0.2) is 0 Å². The SMILES string of the molecule is Cc1occc1CN(C)c1ccc(C(C)O)cc1[N+](=O)[O-]. The molecule has 6 heteroatoms. The second kappa shape index (κ2) is 5.97. The van der Waals surface area contributed by atoms with Crippen molar-refractivity contribution in [3.8, 4) is 0 Å². The number of furan rings is 1. The lowest BCUT2D eigenvalue weighted by Gasteiger charge is -2.19. The first-order valence-electron chi connectivity index (χ1n) is 6.60. The Morgan fingerprint density at radius 2 is 2.14 bits per heavy atom. The van der Waals surface area contributed by atoms with Crippen molar-refractivity contribution in [2.75, 3.05) is 11.9 Å². The largest absolute Gasteiger partial charge is 0.469 e. The molecule has 112 valence electrons. The summed E-state index contributed by atoms with van der Waals surface area (Å²) in [6, 6.07) is 6.63. The van der Waals surface area contributed by atoms with Gasteiger partial charge in [-0.1, -0.05) is 6.07 Å². The minimum atomic E-state index is -0.737. The van der Waals surface area contributed by atoms with Gasteiger partial charge in [-0.2, -0.15) is 0 Å². The zero-order valence-electron chi connectivity index (χ0n) is 12.2. The lowest BCUT2D eigenvalue weighted by atomic mass is 10.1. The van der Waals surface area contributed by atoms with Gasteiger partial charge >= 0.3 is 0 Å². The second-order valence-electron chi connectivity index (χ2n) is 5.04. The lowest BCUT2D eigenvalue weighted by Crippen LogP contribution is -2.18. The van der Waals surface area contributed by atoms with Gasteiger partial charge < -0.3 is 14.4 Å². The molecule has 0 bridgehead atoms. The van der Waals surface area contributed by atoms with Crippen LogP contribution in [0, 0.1) is 17.0 Å². The molecule has 0 amide bonds. The fraction of sp³-hybridized carbons (Fsp3) is 0.333. The molecule has 0 aliphatic carbocycles. The molecule has 21 heavy (non-hydrogen) atoms. The number of benzene rings is 1. The molecule has 1 aromatic heterocycles. The maximum atomic E-state index is 11.2. The quantitative estimate of drug-likeness (QED) is 0.675. The molecule has 1 N–H and O–H groups in total. The fourth-order valence-corrected chi connectivity index (χ4v) is 2.19. The van der Waals surface area contributed by atoms with Crippen LogP contribution in [0.15, 0.2) is 34.9 Å². The Balaban J connectivity index is 2.34. The molecule has 0 aliphatic rings. The molecule has 0 aliphatic heterocycles. The highest BCUT2D eigenvalue weighted by Gasteiger charge is 2.20. The topological polar surface area (TPSA) is 79.8 Å². The molecule has 2 rings (SSSR count). The predicted octanol–water partition coefficient (Wildman–Crippen LogP) is 3.19. The summed E-state index contributed by atoms with van der Waals surface area (Å²) < 4.78 is 5.24. The number of hydrogen-bond donors (Lipinski definition) is 1. The zero-order valence-corrected chi connectivity index (χ0v) is 12.2. The summed E-state index contributed by atoms with van der Waals surface area (Å²) >= 11 is 0. The van der Waals surface area contributed by atoms with Crippen LogP contribution in [0.2, 0.25) is 0 Å². The number of nitro groups is 1. The Kier molecular flexibility index (Phi) is 4.28. The van der Waals surface area contributed by atoms with E-state index in [1.54, 1.807) is 37.3 Å². The molecule has 6 nitrogen and oxygen atoms in total. The van der Waals surface area contributed by atoms with Crippen molar-refractivity contribution in [2.45, 2.75) is 26.5 Å². The van der Waals surface area contributed by atoms with Crippen LogP contribution >= 0.6 is 0 Å². The highest BCUT2D eigenvalue weighted by atomic mass is 16.6. The molecule has 2 aromatic rings. The van der Waals surface area contributed by atoms with E-state index in [0.717, 1.165) is 11.3 Å². The van der Waals surface area contributed by atoms with E-state index in [9.17, 15) is 15.2 Å². The van der Waals surface area contributed by atoms with E-state index in [2.05, 4.69) is 0 Å². The number of anilines is 1. The Morgan fingerprint density at radius 1 is 1.43 bits per heavy atom. The Labute approximate surface area is 122 Å². The molecule has 1 heterocycles. The molecule has 1 aromatic carbocycles. The fourth-order valence-electron chi connectivity index (χ4n) is 2.19. The van der Waals surface area contributed by atoms with Gasteiger partial charge in [-0.3, -0.25) is 10.1 Å². The number of aliphatic hydroxyl groups excluding tert-OH is 1. The molecule has 1 atom stereocenters. The summed E-state index contributed by atoms with van der Waals surface area (Å²) in [5, 5.41) is 20.8. The number of hydrogen-bond acceptors (Lipinski definition) is 5. The van der Waals surface area contributed by atoms with Crippen LogP contribution in [0.5, 0.6) is 0 Å². The average Bonchev–Trinajstić information content (AvgIpc) is 2.83. The van der Waals surface area contributed by atoms with Crippen LogP contribution in [0.25, 0.3) is 0 Å². The van der Waals surface area contributed by atoms with Gasteiger partial charge in [0.05, 0.1) is 17.3 Å². The van der Waals surface area contributed by atoms with Crippen molar-refractivity contribution in [3.05, 3.63) is 57.5 Å². The van der Waals surface area contributed by atoms with E-state index < -0.39 is 11.0 Å². The number of aliphatic hydroxyl groups is 1. The monoisotopic (exact) mass is 290 g/mol. The molecular weight excluding hydrogens is 272 g/mol. The van der Waals surface area contributed by atoms with E-state index in [-0.39, 0.29) is 5.69 Å². The predicted molar refractivity (Wildman–Crippen MR) is 79.3 cm³/mol. The number of nitrogens with zero attached hydrogens (tertiary/aromatic N) is 2. The smallest absolute Gasteiger partial charge is 0.292 e. The van der Waals surface area contributed by atoms with Gasteiger partial charge in [0.15, 0.2) is 0 Å². The van der Waals surface area contributed by atoms with E-state index in [1.807, 2.05) is 13.0 Å². The molecule has 0 spiro atoms. The Hall–Kier alpha value is -2.34. The third-order valence-corrected chi connectivity index (χ3v) is 3.46. The van der Waals surface area contributed by atoms with Crippen LogP contribution in [0.3, 0.4) is 0 Å². The van der Waals surface area contributed by atoms with Crippen LogP contribution in [0.1, 0.15) is 29.9 Å². The normalized spacial score (nSPS) is 12.2. The molecule has 0 saturated carbocycles. The van der Waals surface area contributed by atoms with Gasteiger partial charge in [-0.15, -0.1) is 0 Å². The molecule has 0 saturated heterocycles. The maximum Gasteiger partial charge on any atom is 0.292 e. The third-order valence-electron chi connectivity index (χ3n) is 3.46. The van der Waals surface area contributed by atoms with E-state index in [0.29, 0.717) is 17.8 Å². The highest BCUT2D eigenvalue weighted by molar-refractivity contribution is 5.64. The molecule has 0 radical (unpaired) electrons. The summed E-state index contributed by atoms with van der Waals surface area (Å²) in [6.45, 7) is 3.95. The van der Waals surface area contributed by atoms with Crippen molar-refractivity contribution < 1.29 is 14.4 Å². The Bertz CT molecular complexity index is 649. The van der Waals surface area contributed by atoms with Gasteiger partial charge in [0.1, 0.15) is 11.4 Å². The lowest BCUT2D eigenvalue weighted by molar-refractivity contribution is -0.384. The molecule has 0 fully saturated rings. The van der Waals surface area contributed by atoms with E-state index >= 15 is 0 Å². The minimum Gasteiger partial charge on any atom is -0.469 e. The van der Waals surface area contributed by atoms with Crippen molar-refractivity contribution >= 4 is 11.4 Å². The van der Waals surface area contributed by atoms with Crippen molar-refractivity contribution in [3.63, 3.8) is 0 Å². The first-order chi connectivity index (χ1) is 9.90. The van der Waals surface area contributed by atoms with Crippen molar-refractivity contribution in [1.29, 1.82) is 0 Å². The van der Waals surface area contributed by atoms with Crippen LogP contribution < -0.4 is 4.90 Å². The zero-order chi connectivity index (χ0) is 15.6. The van der Waals surface area contributed by atoms with Crippen LogP contribution in [0.4, 0.5) is 11.4 Å². The van der Waals surface area contributed by atoms with Crippen molar-refractivity contribution in [2.24, 2.45) is 0 Å². The first-order valence-corrected chi connectivity index (χ1v) is 6.60. The third kappa shape index (κ3) is 3.22. The minimum absolute atomic E-state index is 0.0166. The number of rotatable bonds is 5. The highest BCUT2D eigenvalue weighted by Crippen LogP contribution is 2.31. The van der Waals surface area contributed by atoms with E-state index in [4.69, 9.17) is 4.42 Å². The van der Waals surface area contributed by atoms with Gasteiger partial charge in [-0.05, 0) is 31.5 Å². The van der Waals surface area contributed by atoms with Crippen LogP contribution in [-0.2, 0) is 6.54 Å². The summed E-state index contributed by atoms with van der Waals surface area (Å²) in [7, 11) is 1.79. The Morgan fingerprint density at radius 3 is 2.67 bits per heavy atom. The van der Waals surface area contributed by atoms with Crippen LogP contribution in [-0.4, -0.2) is 17.1 Å². The number of aryl methyl sites for hydroxylation is 1. The van der Waals surface area contributed by atoms with Crippen molar-refractivity contribution in [1.82, 2.24) is 0 Å². The molecular formula is C15H18N2O4. The summed E-state index contributed by atoms with van der Waals surface area (Å²) in [5.41, 5.74) is 1.99. The maximum absolute atomic E-state index is 11.2. The summed E-state index contributed by atoms with van der Waals surface area (Å²) in [5.74, 6) is 0.796. The van der Waals surface area contributed by atoms with E-state index in [1.165, 1.54) is 6.07 Å². The number of nitro benzene ring substituents is 1. The second-order valence-corrected chi connectivity index (χ2v) is 5.04. The standard InChI is InChI=1S/C15H18N2O4/c1-10(18)12-4-5-14(15(8-12)17(19)20)16(3)9-13-6-7-21-11(13)2/h4-8,10,18H,9H2,1-3H3. The van der Waals surface area contributed by atoms with Gasteiger partial charge in [0.25, 0.3) is 5.69 Å². The van der Waals surface area contributed by atoms with Gasteiger partial charge in [0.2, 0.25) is 0 Å².